The van der Waals surface area contributed by atoms with Crippen molar-refractivity contribution >= 4 is 16.0 Å². The third-order valence-electron chi connectivity index (χ3n) is 2.19. The van der Waals surface area contributed by atoms with E-state index in [1.165, 1.54) is 19.2 Å². The van der Waals surface area contributed by atoms with Crippen molar-refractivity contribution in [2.75, 3.05) is 13.7 Å². The van der Waals surface area contributed by atoms with Gasteiger partial charge in [0, 0.05) is 6.54 Å². The molecule has 1 aromatic rings. The topological polar surface area (TPSA) is 92.7 Å². The summed E-state index contributed by atoms with van der Waals surface area (Å²) < 4.78 is 30.1. The number of esters is 1. The number of benzene rings is 1. The fraction of sp³-hybridized carbons (Fsp3) is 0.364. The molecule has 0 unspecified atom stereocenters. The molecule has 0 aromatic heterocycles. The first-order valence-corrected chi connectivity index (χ1v) is 6.73. The predicted molar refractivity (Wildman–Crippen MR) is 64.3 cm³/mol. The van der Waals surface area contributed by atoms with Crippen LogP contribution in [0.3, 0.4) is 0 Å². The molecule has 6 nitrogen and oxygen atoms in total. The molecule has 2 N–H and O–H groups in total. The molecule has 0 amide bonds. The number of carbonyl (C=O) groups excluding carboxylic acids is 1. The lowest BCUT2D eigenvalue weighted by Crippen LogP contribution is -2.33. The number of aliphatic hydroxyl groups is 1. The van der Waals surface area contributed by atoms with Crippen LogP contribution in [0.5, 0.6) is 0 Å². The lowest BCUT2D eigenvalue weighted by Gasteiger charge is -2.11. The fourth-order valence-corrected chi connectivity index (χ4v) is 2.33. The van der Waals surface area contributed by atoms with Crippen LogP contribution in [-0.2, 0) is 19.6 Å². The van der Waals surface area contributed by atoms with Crippen molar-refractivity contribution in [3.05, 3.63) is 30.3 Å². The molecule has 1 rings (SSSR count). The summed E-state index contributed by atoms with van der Waals surface area (Å²) in [6.07, 6.45) is -1.37. The standard InChI is InChI=1S/C11H15NO5S/c1-17-11(14)7-9(13)8-12-18(15,16)10-5-3-2-4-6-10/h2-6,9,12-13H,7-8H2,1H3/t9-/m0/s1. The summed E-state index contributed by atoms with van der Waals surface area (Å²) in [6, 6.07) is 7.77. The summed E-state index contributed by atoms with van der Waals surface area (Å²) in [5, 5.41) is 9.43. The van der Waals surface area contributed by atoms with Crippen molar-refractivity contribution in [3.63, 3.8) is 0 Å². The summed E-state index contributed by atoms with van der Waals surface area (Å²) >= 11 is 0. The lowest BCUT2D eigenvalue weighted by molar-refractivity contribution is -0.142. The largest absolute Gasteiger partial charge is 0.469 e. The smallest absolute Gasteiger partial charge is 0.308 e. The van der Waals surface area contributed by atoms with Gasteiger partial charge in [-0.2, -0.15) is 0 Å². The first-order chi connectivity index (χ1) is 8.45. The van der Waals surface area contributed by atoms with Gasteiger partial charge in [-0.25, -0.2) is 13.1 Å². The predicted octanol–water partition coefficient (Wildman–Crippen LogP) is -0.111. The molecule has 1 atom stereocenters. The second-order valence-electron chi connectivity index (χ2n) is 3.60. The molecule has 0 bridgehead atoms. The highest BCUT2D eigenvalue weighted by Crippen LogP contribution is 2.07. The summed E-state index contributed by atoms with van der Waals surface area (Å²) in [7, 11) is -2.46. The summed E-state index contributed by atoms with van der Waals surface area (Å²) in [5.74, 6) is -0.596. The molecule has 100 valence electrons. The van der Waals surface area contributed by atoms with Crippen LogP contribution in [0.4, 0.5) is 0 Å². The Bertz CT molecular complexity index is 485. The van der Waals surface area contributed by atoms with E-state index in [-0.39, 0.29) is 17.9 Å². The zero-order valence-corrected chi connectivity index (χ0v) is 10.7. The van der Waals surface area contributed by atoms with Gasteiger partial charge in [-0.15, -0.1) is 0 Å². The van der Waals surface area contributed by atoms with E-state index in [2.05, 4.69) is 9.46 Å². The minimum absolute atomic E-state index is 0.107. The Balaban J connectivity index is 2.55. The summed E-state index contributed by atoms with van der Waals surface area (Å²) in [5.41, 5.74) is 0. The molecule has 0 heterocycles. The average Bonchev–Trinajstić information content (AvgIpc) is 2.37. The van der Waals surface area contributed by atoms with Gasteiger partial charge < -0.3 is 9.84 Å². The molecule has 0 saturated carbocycles. The number of carbonyl (C=O) groups is 1. The first-order valence-electron chi connectivity index (χ1n) is 5.25. The maximum atomic E-state index is 11.8. The van der Waals surface area contributed by atoms with Gasteiger partial charge in [-0.1, -0.05) is 18.2 Å². The van der Waals surface area contributed by atoms with E-state index >= 15 is 0 Å². The van der Waals surface area contributed by atoms with Gasteiger partial charge >= 0.3 is 5.97 Å². The molecule has 0 spiro atoms. The first kappa shape index (κ1) is 14.6. The third kappa shape index (κ3) is 4.44. The van der Waals surface area contributed by atoms with Crippen LogP contribution >= 0.6 is 0 Å². The van der Waals surface area contributed by atoms with Crippen molar-refractivity contribution in [1.29, 1.82) is 0 Å². The maximum Gasteiger partial charge on any atom is 0.308 e. The molecular weight excluding hydrogens is 258 g/mol. The van der Waals surface area contributed by atoms with E-state index in [0.29, 0.717) is 0 Å². The second kappa shape index (κ2) is 6.48. The molecule has 0 radical (unpaired) electrons. The van der Waals surface area contributed by atoms with Crippen LogP contribution in [-0.4, -0.2) is 39.3 Å². The quantitative estimate of drug-likeness (QED) is 0.705. The highest BCUT2D eigenvalue weighted by molar-refractivity contribution is 7.89. The fourth-order valence-electron chi connectivity index (χ4n) is 1.24. The average molecular weight is 273 g/mol. The van der Waals surface area contributed by atoms with E-state index in [1.54, 1.807) is 18.2 Å². The van der Waals surface area contributed by atoms with Crippen molar-refractivity contribution in [3.8, 4) is 0 Å². The van der Waals surface area contributed by atoms with E-state index in [4.69, 9.17) is 0 Å². The van der Waals surface area contributed by atoms with Crippen LogP contribution in [0.25, 0.3) is 0 Å². The Hall–Kier alpha value is -1.44. The number of hydrogen-bond donors (Lipinski definition) is 2. The van der Waals surface area contributed by atoms with E-state index in [9.17, 15) is 18.3 Å². The number of aliphatic hydroxyl groups excluding tert-OH is 1. The monoisotopic (exact) mass is 273 g/mol. The van der Waals surface area contributed by atoms with Gasteiger partial charge in [0.2, 0.25) is 10.0 Å². The Morgan fingerprint density at radius 3 is 2.56 bits per heavy atom. The highest BCUT2D eigenvalue weighted by Gasteiger charge is 2.17. The van der Waals surface area contributed by atoms with Crippen molar-refractivity contribution in [1.82, 2.24) is 4.72 Å². The van der Waals surface area contributed by atoms with Crippen LogP contribution < -0.4 is 4.72 Å². The molecule has 1 aromatic carbocycles. The molecule has 7 heteroatoms. The van der Waals surface area contributed by atoms with Crippen LogP contribution in [0.1, 0.15) is 6.42 Å². The van der Waals surface area contributed by atoms with Gasteiger partial charge in [-0.3, -0.25) is 4.79 Å². The minimum Gasteiger partial charge on any atom is -0.469 e. The van der Waals surface area contributed by atoms with E-state index in [1.807, 2.05) is 0 Å². The molecule has 0 fully saturated rings. The van der Waals surface area contributed by atoms with Crippen molar-refractivity contribution in [2.24, 2.45) is 0 Å². The van der Waals surface area contributed by atoms with Crippen LogP contribution in [0.2, 0.25) is 0 Å². The normalized spacial score (nSPS) is 13.0. The SMILES string of the molecule is COC(=O)C[C@H](O)CNS(=O)(=O)c1ccccc1. The van der Waals surface area contributed by atoms with Gasteiger partial charge in [-0.05, 0) is 12.1 Å². The van der Waals surface area contributed by atoms with Crippen LogP contribution in [0.15, 0.2) is 35.2 Å². The zero-order chi connectivity index (χ0) is 13.6. The molecular formula is C11H15NO5S. The molecule has 0 aliphatic heterocycles. The summed E-state index contributed by atoms with van der Waals surface area (Å²) in [6.45, 7) is -0.244. The van der Waals surface area contributed by atoms with Gasteiger partial charge in [0.1, 0.15) is 0 Å². The summed E-state index contributed by atoms with van der Waals surface area (Å²) in [4.78, 5) is 11.0. The van der Waals surface area contributed by atoms with Gasteiger partial charge in [0.05, 0.1) is 24.5 Å². The highest BCUT2D eigenvalue weighted by atomic mass is 32.2. The van der Waals surface area contributed by atoms with E-state index in [0.717, 1.165) is 0 Å². The van der Waals surface area contributed by atoms with Crippen molar-refractivity contribution < 1.29 is 23.1 Å². The molecule has 18 heavy (non-hydrogen) atoms. The second-order valence-corrected chi connectivity index (χ2v) is 5.37. The Kier molecular flexibility index (Phi) is 5.26. The Labute approximate surface area is 106 Å². The third-order valence-corrected chi connectivity index (χ3v) is 3.63. The van der Waals surface area contributed by atoms with Gasteiger partial charge in [0.25, 0.3) is 0 Å². The Morgan fingerprint density at radius 1 is 1.39 bits per heavy atom. The number of rotatable bonds is 6. The lowest BCUT2D eigenvalue weighted by atomic mass is 10.2. The minimum atomic E-state index is -3.66. The number of nitrogens with one attached hydrogen (secondary N) is 1. The number of ether oxygens (including phenoxy) is 1. The Morgan fingerprint density at radius 2 is 2.00 bits per heavy atom. The maximum absolute atomic E-state index is 11.8. The molecule has 0 saturated heterocycles. The van der Waals surface area contributed by atoms with Gasteiger partial charge in [0.15, 0.2) is 0 Å². The van der Waals surface area contributed by atoms with E-state index < -0.39 is 22.1 Å². The molecule has 0 aliphatic carbocycles. The molecule has 0 aliphatic rings. The zero-order valence-electron chi connectivity index (χ0n) is 9.87. The number of sulfonamides is 1. The number of methoxy groups -OCH3 is 1. The van der Waals surface area contributed by atoms with Crippen molar-refractivity contribution in [2.45, 2.75) is 17.4 Å². The van der Waals surface area contributed by atoms with Crippen LogP contribution in [0, 0.1) is 0 Å². The number of hydrogen-bond acceptors (Lipinski definition) is 5.